The minimum absolute atomic E-state index is 0.00232. The van der Waals surface area contributed by atoms with Gasteiger partial charge in [-0.15, -0.1) is 0 Å². The van der Waals surface area contributed by atoms with Gasteiger partial charge in [-0.25, -0.2) is 10.6 Å². The van der Waals surface area contributed by atoms with E-state index >= 15 is 0 Å². The Kier molecular flexibility index (Phi) is 9.78. The maximum atomic E-state index is 11.6. The van der Waals surface area contributed by atoms with Crippen molar-refractivity contribution in [2.24, 2.45) is 5.84 Å². The highest BCUT2D eigenvalue weighted by Gasteiger charge is 2.26. The molecule has 1 rings (SSSR count). The number of carbonyl (C=O) groups is 3. The normalized spacial score (nSPS) is 19.5. The SMILES string of the molecule is C[C@@H]1NC(=O)N[C@@H]1CCCCCC(=O)NCCOCCC(=O)NN. The first kappa shape index (κ1) is 20.2. The number of rotatable bonds is 12. The molecule has 138 valence electrons. The van der Waals surface area contributed by atoms with Crippen molar-refractivity contribution in [2.45, 2.75) is 57.5 Å². The third kappa shape index (κ3) is 8.68. The molecule has 9 heteroatoms. The van der Waals surface area contributed by atoms with Gasteiger partial charge in [-0.3, -0.25) is 15.0 Å². The lowest BCUT2D eigenvalue weighted by Crippen LogP contribution is -2.31. The van der Waals surface area contributed by atoms with E-state index in [2.05, 4.69) is 16.0 Å². The van der Waals surface area contributed by atoms with E-state index in [1.807, 2.05) is 12.3 Å². The molecule has 0 aromatic rings. The van der Waals surface area contributed by atoms with Crippen LogP contribution in [0.25, 0.3) is 0 Å². The average Bonchev–Trinajstić information content (AvgIpc) is 2.87. The fourth-order valence-electron chi connectivity index (χ4n) is 2.48. The highest BCUT2D eigenvalue weighted by molar-refractivity contribution is 5.77. The number of urea groups is 1. The van der Waals surface area contributed by atoms with Crippen LogP contribution in [-0.4, -0.2) is 49.7 Å². The van der Waals surface area contributed by atoms with Crippen LogP contribution in [0.4, 0.5) is 4.79 Å². The van der Waals surface area contributed by atoms with Gasteiger partial charge in [-0.2, -0.15) is 0 Å². The van der Waals surface area contributed by atoms with Gasteiger partial charge in [-0.1, -0.05) is 12.8 Å². The maximum absolute atomic E-state index is 11.6. The van der Waals surface area contributed by atoms with E-state index in [4.69, 9.17) is 10.6 Å². The van der Waals surface area contributed by atoms with Crippen LogP contribution in [0.15, 0.2) is 0 Å². The van der Waals surface area contributed by atoms with Crippen molar-refractivity contribution < 1.29 is 19.1 Å². The number of nitrogens with one attached hydrogen (secondary N) is 4. The van der Waals surface area contributed by atoms with Crippen LogP contribution in [0.2, 0.25) is 0 Å². The van der Waals surface area contributed by atoms with Gasteiger partial charge in [0.2, 0.25) is 11.8 Å². The summed E-state index contributed by atoms with van der Waals surface area (Å²) in [7, 11) is 0. The number of hydrogen-bond donors (Lipinski definition) is 5. The van der Waals surface area contributed by atoms with Crippen molar-refractivity contribution in [2.75, 3.05) is 19.8 Å². The van der Waals surface area contributed by atoms with Gasteiger partial charge in [0, 0.05) is 19.0 Å². The predicted octanol–water partition coefficient (Wildman–Crippen LogP) is -0.480. The molecule has 0 radical (unpaired) electrons. The summed E-state index contributed by atoms with van der Waals surface area (Å²) < 4.78 is 5.20. The number of unbranched alkanes of at least 4 members (excludes halogenated alkanes) is 2. The second kappa shape index (κ2) is 11.6. The molecular formula is C15H29N5O4. The lowest BCUT2D eigenvalue weighted by atomic mass is 10.0. The molecule has 0 aliphatic carbocycles. The minimum atomic E-state index is -0.276. The highest BCUT2D eigenvalue weighted by atomic mass is 16.5. The topological polar surface area (TPSA) is 135 Å². The molecule has 0 saturated carbocycles. The average molecular weight is 343 g/mol. The lowest BCUT2D eigenvalue weighted by Gasteiger charge is -2.13. The van der Waals surface area contributed by atoms with E-state index in [-0.39, 0.29) is 43.0 Å². The van der Waals surface area contributed by atoms with E-state index in [0.717, 1.165) is 25.7 Å². The summed E-state index contributed by atoms with van der Waals surface area (Å²) in [6, 6.07) is 0.249. The fraction of sp³-hybridized carbons (Fsp3) is 0.800. The Morgan fingerprint density at radius 3 is 2.58 bits per heavy atom. The zero-order chi connectivity index (χ0) is 17.8. The van der Waals surface area contributed by atoms with E-state index in [1.165, 1.54) is 0 Å². The number of carbonyl (C=O) groups excluding carboxylic acids is 3. The lowest BCUT2D eigenvalue weighted by molar-refractivity contribution is -0.123. The smallest absolute Gasteiger partial charge is 0.315 e. The Bertz CT molecular complexity index is 419. The summed E-state index contributed by atoms with van der Waals surface area (Å²) in [4.78, 5) is 33.6. The molecule has 4 amide bonds. The van der Waals surface area contributed by atoms with Crippen LogP contribution in [0, 0.1) is 0 Å². The minimum Gasteiger partial charge on any atom is -0.379 e. The molecule has 24 heavy (non-hydrogen) atoms. The number of nitrogens with two attached hydrogens (primary N) is 1. The quantitative estimate of drug-likeness (QED) is 0.141. The summed E-state index contributed by atoms with van der Waals surface area (Å²) in [6.07, 6.45) is 4.38. The van der Waals surface area contributed by atoms with E-state index in [0.29, 0.717) is 19.6 Å². The predicted molar refractivity (Wildman–Crippen MR) is 88.8 cm³/mol. The van der Waals surface area contributed by atoms with E-state index < -0.39 is 0 Å². The first-order valence-electron chi connectivity index (χ1n) is 8.44. The third-order valence-corrected chi connectivity index (χ3v) is 3.90. The van der Waals surface area contributed by atoms with Crippen LogP contribution in [-0.2, 0) is 14.3 Å². The first-order valence-corrected chi connectivity index (χ1v) is 8.44. The molecule has 1 fully saturated rings. The van der Waals surface area contributed by atoms with E-state index in [9.17, 15) is 14.4 Å². The molecule has 1 aliphatic rings. The number of amides is 4. The zero-order valence-electron chi connectivity index (χ0n) is 14.2. The molecule has 1 saturated heterocycles. The van der Waals surface area contributed by atoms with Crippen molar-refractivity contribution in [3.8, 4) is 0 Å². The Morgan fingerprint density at radius 2 is 1.92 bits per heavy atom. The van der Waals surface area contributed by atoms with Crippen molar-refractivity contribution in [3.63, 3.8) is 0 Å². The molecule has 6 N–H and O–H groups in total. The fourth-order valence-corrected chi connectivity index (χ4v) is 2.48. The summed E-state index contributed by atoms with van der Waals surface area (Å²) in [5.74, 6) is 4.66. The van der Waals surface area contributed by atoms with Gasteiger partial charge < -0.3 is 20.7 Å². The van der Waals surface area contributed by atoms with Crippen LogP contribution >= 0.6 is 0 Å². The van der Waals surface area contributed by atoms with Crippen molar-refractivity contribution in [1.29, 1.82) is 0 Å². The molecule has 1 aliphatic heterocycles. The van der Waals surface area contributed by atoms with Crippen molar-refractivity contribution in [1.82, 2.24) is 21.4 Å². The number of hydrogen-bond acceptors (Lipinski definition) is 5. The summed E-state index contributed by atoms with van der Waals surface area (Å²) in [5, 5.41) is 8.48. The second-order valence-electron chi connectivity index (χ2n) is 5.89. The Hall–Kier alpha value is -1.87. The molecular weight excluding hydrogens is 314 g/mol. The monoisotopic (exact) mass is 343 g/mol. The van der Waals surface area contributed by atoms with E-state index in [1.54, 1.807) is 0 Å². The van der Waals surface area contributed by atoms with Gasteiger partial charge in [-0.05, 0) is 19.8 Å². The maximum Gasteiger partial charge on any atom is 0.315 e. The van der Waals surface area contributed by atoms with Gasteiger partial charge in [0.05, 0.1) is 25.7 Å². The summed E-state index contributed by atoms with van der Waals surface area (Å²) >= 11 is 0. The van der Waals surface area contributed by atoms with Crippen LogP contribution in [0.3, 0.4) is 0 Å². The zero-order valence-corrected chi connectivity index (χ0v) is 14.2. The molecule has 0 aromatic carbocycles. The van der Waals surface area contributed by atoms with Gasteiger partial charge in [0.25, 0.3) is 0 Å². The van der Waals surface area contributed by atoms with Crippen molar-refractivity contribution in [3.05, 3.63) is 0 Å². The van der Waals surface area contributed by atoms with Gasteiger partial charge >= 0.3 is 6.03 Å². The Balaban J connectivity index is 1.89. The van der Waals surface area contributed by atoms with Crippen LogP contribution in [0.1, 0.15) is 45.4 Å². The van der Waals surface area contributed by atoms with Gasteiger partial charge in [0.15, 0.2) is 0 Å². The molecule has 0 bridgehead atoms. The highest BCUT2D eigenvalue weighted by Crippen LogP contribution is 2.11. The standard InChI is InChI=1S/C15H29N5O4/c1-11-12(19-15(23)18-11)5-3-2-4-6-13(21)17-8-10-24-9-7-14(22)20-16/h11-12H,2-10,16H2,1H3,(H,17,21)(H,20,22)(H2,18,19,23)/t11-,12+/m0/s1. The van der Waals surface area contributed by atoms with Crippen molar-refractivity contribution >= 4 is 17.8 Å². The Labute approximate surface area is 142 Å². The van der Waals surface area contributed by atoms with Crippen LogP contribution in [0.5, 0.6) is 0 Å². The molecule has 9 nitrogen and oxygen atoms in total. The largest absolute Gasteiger partial charge is 0.379 e. The number of hydrazine groups is 1. The third-order valence-electron chi connectivity index (χ3n) is 3.90. The molecule has 2 atom stereocenters. The number of ether oxygens (including phenoxy) is 1. The molecule has 1 heterocycles. The summed E-state index contributed by atoms with van der Waals surface area (Å²) in [6.45, 7) is 3.07. The molecule has 0 unspecified atom stereocenters. The Morgan fingerprint density at radius 1 is 1.12 bits per heavy atom. The summed E-state index contributed by atoms with van der Waals surface area (Å²) in [5.41, 5.74) is 2.02. The second-order valence-corrected chi connectivity index (χ2v) is 5.89. The molecule has 0 aromatic heterocycles. The van der Waals surface area contributed by atoms with Gasteiger partial charge in [0.1, 0.15) is 0 Å². The first-order chi connectivity index (χ1) is 11.5. The molecule has 0 spiro atoms. The van der Waals surface area contributed by atoms with Crippen LogP contribution < -0.4 is 27.2 Å².